The largest absolute Gasteiger partial charge is 0.350 e. The second-order valence-corrected chi connectivity index (χ2v) is 9.64. The summed E-state index contributed by atoms with van der Waals surface area (Å²) in [6.07, 6.45) is 0.572. The van der Waals surface area contributed by atoms with Crippen LogP contribution in [-0.4, -0.2) is 34.0 Å². The van der Waals surface area contributed by atoms with Gasteiger partial charge in [-0.05, 0) is 45.2 Å². The van der Waals surface area contributed by atoms with Gasteiger partial charge in [-0.2, -0.15) is 0 Å². The highest BCUT2D eigenvalue weighted by atomic mass is 32.2. The first kappa shape index (κ1) is 24.0. The van der Waals surface area contributed by atoms with E-state index in [9.17, 15) is 9.59 Å². The normalized spacial score (nSPS) is 12.3. The molecule has 0 bridgehead atoms. The van der Waals surface area contributed by atoms with E-state index in [1.54, 1.807) is 16.7 Å². The molecule has 0 aliphatic rings. The summed E-state index contributed by atoms with van der Waals surface area (Å²) in [6, 6.07) is 17.7. The summed E-state index contributed by atoms with van der Waals surface area (Å²) in [5, 5.41) is 3.04. The summed E-state index contributed by atoms with van der Waals surface area (Å²) in [6.45, 7) is 10.3. The van der Waals surface area contributed by atoms with E-state index in [0.29, 0.717) is 18.7 Å². The molecule has 30 heavy (non-hydrogen) atoms. The lowest BCUT2D eigenvalue weighted by Crippen LogP contribution is -2.53. The zero-order valence-electron chi connectivity index (χ0n) is 18.8. The number of nitrogens with one attached hydrogen (secondary N) is 1. The Labute approximate surface area is 185 Å². The maximum Gasteiger partial charge on any atom is 0.243 e. The molecular formula is C25H34N2O2S. The van der Waals surface area contributed by atoms with Crippen LogP contribution in [0.3, 0.4) is 0 Å². The summed E-state index contributed by atoms with van der Waals surface area (Å²) in [7, 11) is 0. The van der Waals surface area contributed by atoms with Crippen molar-refractivity contribution in [3.05, 3.63) is 71.3 Å². The molecule has 162 valence electrons. The zero-order valence-corrected chi connectivity index (χ0v) is 19.6. The summed E-state index contributed by atoms with van der Waals surface area (Å²) in [4.78, 5) is 27.9. The first-order valence-corrected chi connectivity index (χ1v) is 11.6. The van der Waals surface area contributed by atoms with E-state index in [2.05, 4.69) is 30.4 Å². The monoisotopic (exact) mass is 426 g/mol. The Kier molecular flexibility index (Phi) is 8.97. The Bertz CT molecular complexity index is 831. The SMILES string of the molecule is CC[C@@H](C(=O)NC(C)(C)C)N(Cc1ccccc1)C(=O)CSCc1cccc(C)c1. The number of rotatable bonds is 9. The van der Waals surface area contributed by atoms with Crippen LogP contribution in [0.5, 0.6) is 0 Å². The number of nitrogens with zero attached hydrogens (tertiary/aromatic N) is 1. The molecule has 2 aromatic rings. The van der Waals surface area contributed by atoms with Crippen LogP contribution in [-0.2, 0) is 21.9 Å². The van der Waals surface area contributed by atoms with Crippen molar-refractivity contribution >= 4 is 23.6 Å². The van der Waals surface area contributed by atoms with Crippen LogP contribution in [0.2, 0.25) is 0 Å². The van der Waals surface area contributed by atoms with Crippen molar-refractivity contribution in [1.82, 2.24) is 10.2 Å². The van der Waals surface area contributed by atoms with Gasteiger partial charge in [0.15, 0.2) is 0 Å². The average molecular weight is 427 g/mol. The fourth-order valence-corrected chi connectivity index (χ4v) is 4.15. The van der Waals surface area contributed by atoms with Crippen molar-refractivity contribution in [2.24, 2.45) is 0 Å². The summed E-state index contributed by atoms with van der Waals surface area (Å²) in [5.74, 6) is 1.02. The fraction of sp³-hybridized carbons (Fsp3) is 0.440. The summed E-state index contributed by atoms with van der Waals surface area (Å²) >= 11 is 1.59. The first-order chi connectivity index (χ1) is 14.2. The zero-order chi connectivity index (χ0) is 22.1. The van der Waals surface area contributed by atoms with Gasteiger partial charge in [0.25, 0.3) is 0 Å². The molecule has 4 nitrogen and oxygen atoms in total. The van der Waals surface area contributed by atoms with E-state index in [1.165, 1.54) is 11.1 Å². The van der Waals surface area contributed by atoms with Crippen molar-refractivity contribution < 1.29 is 9.59 Å². The van der Waals surface area contributed by atoms with Crippen LogP contribution in [0.4, 0.5) is 0 Å². The van der Waals surface area contributed by atoms with Gasteiger partial charge >= 0.3 is 0 Å². The van der Waals surface area contributed by atoms with Gasteiger partial charge in [-0.15, -0.1) is 11.8 Å². The van der Waals surface area contributed by atoms with Crippen LogP contribution >= 0.6 is 11.8 Å². The van der Waals surface area contributed by atoms with E-state index >= 15 is 0 Å². The molecule has 0 saturated carbocycles. The van der Waals surface area contributed by atoms with E-state index in [-0.39, 0.29) is 17.4 Å². The molecule has 0 heterocycles. The number of hydrogen-bond acceptors (Lipinski definition) is 3. The van der Waals surface area contributed by atoms with Gasteiger partial charge in [0.2, 0.25) is 11.8 Å². The molecule has 2 aromatic carbocycles. The molecule has 5 heteroatoms. The maximum absolute atomic E-state index is 13.2. The molecule has 0 unspecified atom stereocenters. The van der Waals surface area contributed by atoms with E-state index < -0.39 is 6.04 Å². The fourth-order valence-electron chi connectivity index (χ4n) is 3.29. The van der Waals surface area contributed by atoms with Crippen LogP contribution < -0.4 is 5.32 Å². The quantitative estimate of drug-likeness (QED) is 0.617. The Balaban J connectivity index is 2.12. The predicted octanol–water partition coefficient (Wildman–Crippen LogP) is 4.95. The summed E-state index contributed by atoms with van der Waals surface area (Å²) in [5.41, 5.74) is 3.11. The highest BCUT2D eigenvalue weighted by Gasteiger charge is 2.30. The number of hydrogen-bond donors (Lipinski definition) is 1. The van der Waals surface area contributed by atoms with Crippen molar-refractivity contribution in [3.63, 3.8) is 0 Å². The van der Waals surface area contributed by atoms with Crippen molar-refractivity contribution in [2.45, 2.75) is 64.9 Å². The third kappa shape index (κ3) is 7.86. The molecule has 1 atom stereocenters. The van der Waals surface area contributed by atoms with Gasteiger partial charge in [0, 0.05) is 17.8 Å². The molecule has 0 fully saturated rings. The van der Waals surface area contributed by atoms with Crippen molar-refractivity contribution in [1.29, 1.82) is 0 Å². The van der Waals surface area contributed by atoms with E-state index in [1.807, 2.05) is 64.1 Å². The maximum atomic E-state index is 13.2. The van der Waals surface area contributed by atoms with Crippen LogP contribution in [0, 0.1) is 6.92 Å². The second kappa shape index (κ2) is 11.2. The lowest BCUT2D eigenvalue weighted by Gasteiger charge is -2.33. The topological polar surface area (TPSA) is 49.4 Å². The highest BCUT2D eigenvalue weighted by molar-refractivity contribution is 7.99. The van der Waals surface area contributed by atoms with Gasteiger partial charge in [-0.1, -0.05) is 67.1 Å². The lowest BCUT2D eigenvalue weighted by atomic mass is 10.1. The Morgan fingerprint density at radius 2 is 1.70 bits per heavy atom. The Morgan fingerprint density at radius 1 is 1.03 bits per heavy atom. The second-order valence-electron chi connectivity index (χ2n) is 8.65. The standard InChI is InChI=1S/C25H34N2O2S/c1-6-22(24(29)26-25(3,4)5)27(16-20-12-8-7-9-13-20)23(28)18-30-17-21-14-10-11-19(2)15-21/h7-15,22H,6,16-18H2,1-5H3,(H,26,29)/t22-/m0/s1. The predicted molar refractivity (Wildman–Crippen MR) is 126 cm³/mol. The number of amides is 2. The molecule has 2 rings (SSSR count). The molecular weight excluding hydrogens is 392 g/mol. The minimum atomic E-state index is -0.489. The van der Waals surface area contributed by atoms with Crippen LogP contribution in [0.15, 0.2) is 54.6 Å². The Hall–Kier alpha value is -2.27. The number of benzene rings is 2. The van der Waals surface area contributed by atoms with Gasteiger partial charge in [-0.3, -0.25) is 9.59 Å². The average Bonchev–Trinajstić information content (AvgIpc) is 2.67. The molecule has 0 aliphatic carbocycles. The van der Waals surface area contributed by atoms with Crippen LogP contribution in [0.1, 0.15) is 50.8 Å². The lowest BCUT2D eigenvalue weighted by molar-refractivity contribution is -0.140. The van der Waals surface area contributed by atoms with Crippen LogP contribution in [0.25, 0.3) is 0 Å². The minimum Gasteiger partial charge on any atom is -0.350 e. The third-order valence-corrected chi connectivity index (χ3v) is 5.65. The molecule has 0 aromatic heterocycles. The molecule has 0 spiro atoms. The summed E-state index contributed by atoms with van der Waals surface area (Å²) < 4.78 is 0. The van der Waals surface area contributed by atoms with Gasteiger partial charge in [0.05, 0.1) is 5.75 Å². The highest BCUT2D eigenvalue weighted by Crippen LogP contribution is 2.18. The number of carbonyl (C=O) groups is 2. The van der Waals surface area contributed by atoms with Gasteiger partial charge in [0.1, 0.15) is 6.04 Å². The van der Waals surface area contributed by atoms with E-state index in [0.717, 1.165) is 11.3 Å². The molecule has 1 N–H and O–H groups in total. The number of aryl methyl sites for hydroxylation is 1. The number of carbonyl (C=O) groups excluding carboxylic acids is 2. The van der Waals surface area contributed by atoms with Gasteiger partial charge < -0.3 is 10.2 Å². The smallest absolute Gasteiger partial charge is 0.243 e. The first-order valence-electron chi connectivity index (χ1n) is 10.5. The van der Waals surface area contributed by atoms with Crippen molar-refractivity contribution in [3.8, 4) is 0 Å². The van der Waals surface area contributed by atoms with Crippen molar-refractivity contribution in [2.75, 3.05) is 5.75 Å². The van der Waals surface area contributed by atoms with E-state index in [4.69, 9.17) is 0 Å². The Morgan fingerprint density at radius 3 is 2.30 bits per heavy atom. The third-order valence-electron chi connectivity index (χ3n) is 4.66. The van der Waals surface area contributed by atoms with Gasteiger partial charge in [-0.25, -0.2) is 0 Å². The molecule has 0 saturated heterocycles. The molecule has 0 aliphatic heterocycles. The molecule has 0 radical (unpaired) electrons. The molecule has 2 amide bonds. The number of thioether (sulfide) groups is 1. The minimum absolute atomic E-state index is 0.00702.